The summed E-state index contributed by atoms with van der Waals surface area (Å²) in [7, 11) is 0. The number of nitrogens with zero attached hydrogens (tertiary/aromatic N) is 3. The number of ether oxygens (including phenoxy) is 2. The monoisotopic (exact) mass is 508 g/mol. The van der Waals surface area contributed by atoms with Crippen LogP contribution >= 0.6 is 11.6 Å². The van der Waals surface area contributed by atoms with Crippen LogP contribution in [0.4, 0.5) is 17.1 Å². The van der Waals surface area contributed by atoms with Crippen molar-refractivity contribution in [3.8, 4) is 23.3 Å². The number of amides is 1. The van der Waals surface area contributed by atoms with Gasteiger partial charge < -0.3 is 14.8 Å². The van der Waals surface area contributed by atoms with Gasteiger partial charge in [-0.25, -0.2) is 0 Å². The first-order chi connectivity index (χ1) is 17.2. The highest BCUT2D eigenvalue weighted by Gasteiger charge is 2.22. The van der Waals surface area contributed by atoms with Crippen molar-refractivity contribution in [3.63, 3.8) is 0 Å². The van der Waals surface area contributed by atoms with Gasteiger partial charge in [0.05, 0.1) is 22.5 Å². The lowest BCUT2D eigenvalue weighted by Crippen LogP contribution is -2.13. The number of nitro groups is 2. The average molecular weight is 509 g/mol. The molecule has 0 bridgehead atoms. The number of rotatable bonds is 9. The summed E-state index contributed by atoms with van der Waals surface area (Å²) >= 11 is 6.07. The van der Waals surface area contributed by atoms with Gasteiger partial charge >= 0.3 is 5.69 Å². The van der Waals surface area contributed by atoms with Crippen molar-refractivity contribution in [2.75, 3.05) is 11.9 Å². The smallest absolute Gasteiger partial charge is 0.318 e. The zero-order valence-corrected chi connectivity index (χ0v) is 19.4. The Morgan fingerprint density at radius 3 is 2.36 bits per heavy atom. The fourth-order valence-electron chi connectivity index (χ4n) is 3.00. The van der Waals surface area contributed by atoms with Crippen LogP contribution in [0.15, 0.2) is 66.2 Å². The number of halogens is 1. The van der Waals surface area contributed by atoms with Gasteiger partial charge in [-0.15, -0.1) is 0 Å². The molecule has 3 aromatic rings. The number of hydrogen-bond acceptors (Lipinski definition) is 8. The summed E-state index contributed by atoms with van der Waals surface area (Å²) in [6.45, 7) is 2.33. The number of carbonyl (C=O) groups is 1. The van der Waals surface area contributed by atoms with E-state index in [2.05, 4.69) is 5.32 Å². The zero-order chi connectivity index (χ0) is 26.2. The summed E-state index contributed by atoms with van der Waals surface area (Å²) in [6, 6.07) is 15.5. The molecule has 0 aliphatic rings. The summed E-state index contributed by atoms with van der Waals surface area (Å²) in [5.41, 5.74) is -0.817. The van der Waals surface area contributed by atoms with E-state index in [-0.39, 0.29) is 27.7 Å². The summed E-state index contributed by atoms with van der Waals surface area (Å²) in [6.07, 6.45) is 1.21. The number of nitrogens with one attached hydrogen (secondary N) is 1. The predicted molar refractivity (Wildman–Crippen MR) is 131 cm³/mol. The van der Waals surface area contributed by atoms with Crippen molar-refractivity contribution >= 4 is 40.6 Å². The van der Waals surface area contributed by atoms with Crippen LogP contribution in [0.2, 0.25) is 5.02 Å². The topological polar surface area (TPSA) is 158 Å². The molecule has 0 fully saturated rings. The minimum atomic E-state index is -0.821. The van der Waals surface area contributed by atoms with Crippen molar-refractivity contribution < 1.29 is 24.1 Å². The van der Waals surface area contributed by atoms with Crippen LogP contribution in [0.5, 0.6) is 17.2 Å². The number of anilines is 1. The molecule has 3 aromatic carbocycles. The number of nitriles is 1. The maximum Gasteiger partial charge on any atom is 0.318 e. The molecule has 182 valence electrons. The summed E-state index contributed by atoms with van der Waals surface area (Å²) in [5.74, 6) is -0.348. The lowest BCUT2D eigenvalue weighted by Gasteiger charge is -2.11. The molecular weight excluding hydrogens is 492 g/mol. The molecule has 12 heteroatoms. The average Bonchev–Trinajstić information content (AvgIpc) is 2.85. The summed E-state index contributed by atoms with van der Waals surface area (Å²) in [4.78, 5) is 33.5. The number of non-ortho nitro benzene ring substituents is 1. The Balaban J connectivity index is 1.92. The van der Waals surface area contributed by atoms with Gasteiger partial charge in [0, 0.05) is 22.3 Å². The van der Waals surface area contributed by atoms with Crippen LogP contribution in [0, 0.1) is 31.6 Å². The van der Waals surface area contributed by atoms with E-state index in [1.54, 1.807) is 30.3 Å². The molecule has 0 heterocycles. The molecular formula is C24H17ClN4O7. The van der Waals surface area contributed by atoms with Crippen molar-refractivity contribution in [3.05, 3.63) is 97.1 Å². The molecule has 1 amide bonds. The molecule has 0 spiro atoms. The van der Waals surface area contributed by atoms with Gasteiger partial charge in [-0.3, -0.25) is 25.0 Å². The first-order valence-electron chi connectivity index (χ1n) is 10.3. The number of carbonyl (C=O) groups excluding carboxylic acids is 1. The minimum absolute atomic E-state index is 0.0259. The van der Waals surface area contributed by atoms with Crippen LogP contribution in [0.25, 0.3) is 6.08 Å². The Hall–Kier alpha value is -4.95. The van der Waals surface area contributed by atoms with Gasteiger partial charge in [-0.2, -0.15) is 5.26 Å². The molecule has 11 nitrogen and oxygen atoms in total. The molecule has 0 aromatic heterocycles. The number of benzene rings is 3. The van der Waals surface area contributed by atoms with Crippen molar-refractivity contribution in [2.45, 2.75) is 6.92 Å². The van der Waals surface area contributed by atoms with Gasteiger partial charge in [-0.05, 0) is 61.5 Å². The predicted octanol–water partition coefficient (Wildman–Crippen LogP) is 5.89. The summed E-state index contributed by atoms with van der Waals surface area (Å²) in [5, 5.41) is 34.8. The highest BCUT2D eigenvalue weighted by atomic mass is 35.5. The van der Waals surface area contributed by atoms with Crippen molar-refractivity contribution in [2.24, 2.45) is 0 Å². The normalized spacial score (nSPS) is 10.8. The van der Waals surface area contributed by atoms with Crippen molar-refractivity contribution in [1.29, 1.82) is 5.26 Å². The molecule has 0 aliphatic carbocycles. The Labute approximate surface area is 209 Å². The number of hydrogen-bond donors (Lipinski definition) is 1. The molecule has 0 unspecified atom stereocenters. The zero-order valence-electron chi connectivity index (χ0n) is 18.6. The van der Waals surface area contributed by atoms with Crippen LogP contribution in [-0.2, 0) is 4.79 Å². The van der Waals surface area contributed by atoms with E-state index in [1.165, 1.54) is 24.3 Å². The molecule has 3 rings (SSSR count). The van der Waals surface area contributed by atoms with Gasteiger partial charge in [0.25, 0.3) is 11.6 Å². The van der Waals surface area contributed by atoms with Crippen LogP contribution < -0.4 is 14.8 Å². The third kappa shape index (κ3) is 6.34. The van der Waals surface area contributed by atoms with Crippen molar-refractivity contribution in [1.82, 2.24) is 0 Å². The molecule has 0 radical (unpaired) electrons. The van der Waals surface area contributed by atoms with Gasteiger partial charge in [0.1, 0.15) is 23.1 Å². The fourth-order valence-corrected chi connectivity index (χ4v) is 3.18. The second kappa shape index (κ2) is 11.5. The quantitative estimate of drug-likeness (QED) is 0.162. The Kier molecular flexibility index (Phi) is 8.17. The van der Waals surface area contributed by atoms with Gasteiger partial charge in [0.2, 0.25) is 5.75 Å². The fraction of sp³-hybridized carbons (Fsp3) is 0.0833. The minimum Gasteiger partial charge on any atom is -0.494 e. The van der Waals surface area contributed by atoms with E-state index in [0.717, 1.165) is 18.2 Å². The molecule has 36 heavy (non-hydrogen) atoms. The Morgan fingerprint density at radius 2 is 1.75 bits per heavy atom. The first kappa shape index (κ1) is 25.7. The number of nitro benzene ring substituents is 2. The van der Waals surface area contributed by atoms with Crippen LogP contribution in [-0.4, -0.2) is 22.4 Å². The van der Waals surface area contributed by atoms with E-state index >= 15 is 0 Å². The standard InChI is InChI=1S/C24H17ClN4O7/c1-2-35-20-7-4-18(5-8-20)27-24(30)16(14-26)11-15-12-17(25)3-9-22(15)36-23-10-6-19(28(31)32)13-21(23)29(33)34/h3-13H,2H2,1H3,(H,27,30)/b16-11+. The van der Waals surface area contributed by atoms with E-state index in [0.29, 0.717) is 18.0 Å². The van der Waals surface area contributed by atoms with Crippen LogP contribution in [0.1, 0.15) is 12.5 Å². The highest BCUT2D eigenvalue weighted by Crippen LogP contribution is 2.37. The lowest BCUT2D eigenvalue weighted by atomic mass is 10.1. The molecule has 1 N–H and O–H groups in total. The Bertz CT molecular complexity index is 1400. The third-order valence-corrected chi connectivity index (χ3v) is 4.86. The molecule has 0 saturated heterocycles. The van der Waals surface area contributed by atoms with E-state index < -0.39 is 27.1 Å². The molecule has 0 saturated carbocycles. The second-order valence-corrected chi connectivity index (χ2v) is 7.47. The third-order valence-electron chi connectivity index (χ3n) is 4.63. The van der Waals surface area contributed by atoms with E-state index in [1.807, 2.05) is 6.92 Å². The maximum atomic E-state index is 12.7. The maximum absolute atomic E-state index is 12.7. The molecule has 0 atom stereocenters. The van der Waals surface area contributed by atoms with Crippen LogP contribution in [0.3, 0.4) is 0 Å². The molecule has 0 aliphatic heterocycles. The van der Waals surface area contributed by atoms with E-state index in [4.69, 9.17) is 21.1 Å². The van der Waals surface area contributed by atoms with E-state index in [9.17, 15) is 30.3 Å². The van der Waals surface area contributed by atoms with Gasteiger partial charge in [0.15, 0.2) is 0 Å². The van der Waals surface area contributed by atoms with Gasteiger partial charge in [-0.1, -0.05) is 11.6 Å². The second-order valence-electron chi connectivity index (χ2n) is 7.03. The SMILES string of the molecule is CCOc1ccc(NC(=O)/C(C#N)=C/c2cc(Cl)ccc2Oc2ccc([N+](=O)[O-])cc2[N+](=O)[O-])cc1. The summed E-state index contributed by atoms with van der Waals surface area (Å²) < 4.78 is 11.0. The first-order valence-corrected chi connectivity index (χ1v) is 10.7. The lowest BCUT2D eigenvalue weighted by molar-refractivity contribution is -0.394. The largest absolute Gasteiger partial charge is 0.494 e. The Morgan fingerprint density at radius 1 is 1.06 bits per heavy atom. The highest BCUT2D eigenvalue weighted by molar-refractivity contribution is 6.30.